The van der Waals surface area contributed by atoms with Crippen LogP contribution in [0.3, 0.4) is 0 Å². The van der Waals surface area contributed by atoms with Crippen LogP contribution in [0.1, 0.15) is 51.4 Å². The molecule has 2 aromatic carbocycles. The minimum Gasteiger partial charge on any atom is -0.313 e. The van der Waals surface area contributed by atoms with Crippen molar-refractivity contribution in [3.05, 3.63) is 71.4 Å². The summed E-state index contributed by atoms with van der Waals surface area (Å²) in [5.41, 5.74) is 4.42. The molecular weight excluding hydrogens is 426 g/mol. The minimum atomic E-state index is -0.321. The normalized spacial score (nSPS) is 11.4. The van der Waals surface area contributed by atoms with Crippen molar-refractivity contribution in [2.75, 3.05) is 17.2 Å². The molecule has 7 heteroatoms. The number of aryl methyl sites for hydroxylation is 2. The smallest absolute Gasteiger partial charge is 0.313 e. The number of hydrogen-bond acceptors (Lipinski definition) is 3. The second-order valence-corrected chi connectivity index (χ2v) is 9.98. The molecule has 0 aliphatic carbocycles. The van der Waals surface area contributed by atoms with E-state index < -0.39 is 0 Å². The Morgan fingerprint density at radius 2 is 1.65 bits per heavy atom. The van der Waals surface area contributed by atoms with E-state index in [0.717, 1.165) is 22.5 Å². The van der Waals surface area contributed by atoms with Crippen molar-refractivity contribution in [3.8, 4) is 5.69 Å². The molecule has 0 spiro atoms. The zero-order valence-corrected chi connectivity index (χ0v) is 21.1. The van der Waals surface area contributed by atoms with Crippen LogP contribution in [0, 0.1) is 13.8 Å². The molecule has 1 heterocycles. The van der Waals surface area contributed by atoms with Crippen LogP contribution in [0.4, 0.5) is 16.3 Å². The van der Waals surface area contributed by atoms with Crippen molar-refractivity contribution < 1.29 is 9.59 Å². The fourth-order valence-electron chi connectivity index (χ4n) is 3.46. The van der Waals surface area contributed by atoms with Crippen molar-refractivity contribution in [1.29, 1.82) is 0 Å². The van der Waals surface area contributed by atoms with Crippen LogP contribution < -0.4 is 10.6 Å². The van der Waals surface area contributed by atoms with Crippen molar-refractivity contribution in [2.45, 2.75) is 59.9 Å². The molecule has 0 unspecified atom stereocenters. The molecule has 3 rings (SSSR count). The summed E-state index contributed by atoms with van der Waals surface area (Å²) in [5, 5.41) is 10.6. The van der Waals surface area contributed by atoms with Crippen molar-refractivity contribution in [3.63, 3.8) is 0 Å². The largest absolute Gasteiger partial charge is 0.322 e. The summed E-state index contributed by atoms with van der Waals surface area (Å²) in [6, 6.07) is 16.9. The highest BCUT2D eigenvalue weighted by Gasteiger charge is 2.24. The molecule has 180 valence electrons. The van der Waals surface area contributed by atoms with Crippen LogP contribution >= 0.6 is 0 Å². The Hall–Kier alpha value is -3.61. The first-order valence-corrected chi connectivity index (χ1v) is 11.6. The van der Waals surface area contributed by atoms with Gasteiger partial charge in [-0.25, -0.2) is 9.48 Å². The zero-order valence-electron chi connectivity index (χ0n) is 21.1. The third-order valence-electron chi connectivity index (χ3n) is 5.49. The molecule has 34 heavy (non-hydrogen) atoms. The van der Waals surface area contributed by atoms with Gasteiger partial charge in [-0.15, -0.1) is 0 Å². The van der Waals surface area contributed by atoms with Gasteiger partial charge in [0.25, 0.3) is 0 Å². The van der Waals surface area contributed by atoms with Gasteiger partial charge in [0.15, 0.2) is 0 Å². The summed E-state index contributed by atoms with van der Waals surface area (Å²) in [6.45, 7) is 13.9. The van der Waals surface area contributed by atoms with Crippen molar-refractivity contribution in [2.24, 2.45) is 0 Å². The second-order valence-electron chi connectivity index (χ2n) is 9.98. The predicted octanol–water partition coefficient (Wildman–Crippen LogP) is 5.67. The maximum Gasteiger partial charge on any atom is 0.322 e. The molecule has 0 aliphatic heterocycles. The fourth-order valence-corrected chi connectivity index (χ4v) is 3.46. The first kappa shape index (κ1) is 25.0. The number of benzene rings is 2. The molecule has 0 saturated heterocycles. The monoisotopic (exact) mass is 461 g/mol. The Kier molecular flexibility index (Phi) is 7.44. The Balaban J connectivity index is 1.81. The fraction of sp³-hybridized carbons (Fsp3) is 0.370. The highest BCUT2D eigenvalue weighted by Crippen LogP contribution is 2.26. The molecule has 0 fully saturated rings. The molecule has 0 saturated carbocycles. The van der Waals surface area contributed by atoms with E-state index in [1.807, 2.05) is 82.3 Å². The number of urea groups is 1. The van der Waals surface area contributed by atoms with Crippen molar-refractivity contribution in [1.82, 2.24) is 14.7 Å². The van der Waals surface area contributed by atoms with E-state index in [9.17, 15) is 9.59 Å². The molecule has 7 nitrogen and oxygen atoms in total. The number of anilines is 2. The summed E-state index contributed by atoms with van der Waals surface area (Å²) in [6.07, 6.45) is 0. The first-order valence-electron chi connectivity index (χ1n) is 11.6. The Morgan fingerprint density at radius 3 is 2.24 bits per heavy atom. The number of nitrogens with zero attached hydrogens (tertiary/aromatic N) is 3. The Labute approximate surface area is 202 Å². The zero-order chi connectivity index (χ0) is 25.0. The Morgan fingerprint density at radius 1 is 0.971 bits per heavy atom. The number of carbonyl (C=O) groups is 2. The third kappa shape index (κ3) is 6.25. The van der Waals surface area contributed by atoms with Gasteiger partial charge in [0.2, 0.25) is 5.91 Å². The number of carbonyl (C=O) groups excluding carboxylic acids is 2. The van der Waals surface area contributed by atoms with E-state index in [4.69, 9.17) is 5.10 Å². The minimum absolute atomic E-state index is 0.0841. The lowest BCUT2D eigenvalue weighted by Crippen LogP contribution is -2.44. The molecule has 3 aromatic rings. The van der Waals surface area contributed by atoms with Crippen LogP contribution in [-0.2, 0) is 10.2 Å². The number of rotatable bonds is 6. The molecule has 0 radical (unpaired) electrons. The van der Waals surface area contributed by atoms with Crippen LogP contribution in [0.5, 0.6) is 0 Å². The van der Waals surface area contributed by atoms with Gasteiger partial charge in [-0.3, -0.25) is 4.79 Å². The van der Waals surface area contributed by atoms with Gasteiger partial charge in [0.05, 0.1) is 11.4 Å². The highest BCUT2D eigenvalue weighted by atomic mass is 16.2. The van der Waals surface area contributed by atoms with Crippen LogP contribution in [0.25, 0.3) is 5.69 Å². The van der Waals surface area contributed by atoms with E-state index in [1.165, 1.54) is 4.90 Å². The first-order chi connectivity index (χ1) is 15.9. The molecule has 3 amide bonds. The van der Waals surface area contributed by atoms with E-state index in [0.29, 0.717) is 11.5 Å². The molecule has 0 atom stereocenters. The van der Waals surface area contributed by atoms with Gasteiger partial charge in [-0.2, -0.15) is 5.10 Å². The molecule has 0 bridgehead atoms. The summed E-state index contributed by atoms with van der Waals surface area (Å²) in [7, 11) is 0. The number of nitrogens with one attached hydrogen (secondary N) is 2. The van der Waals surface area contributed by atoms with Gasteiger partial charge in [-0.1, -0.05) is 50.6 Å². The Bertz CT molecular complexity index is 1160. The topological polar surface area (TPSA) is 79.3 Å². The lowest BCUT2D eigenvalue weighted by Gasteiger charge is -2.26. The SMILES string of the molecule is Cc1ccc(-n2nc(C(C)(C)C)cc2NC(=O)CN(C(=O)Nc2cccc(C)c2)C(C)C)cc1. The van der Waals surface area contributed by atoms with Crippen molar-refractivity contribution >= 4 is 23.4 Å². The third-order valence-corrected chi connectivity index (χ3v) is 5.49. The lowest BCUT2D eigenvalue weighted by atomic mass is 9.92. The van der Waals surface area contributed by atoms with E-state index >= 15 is 0 Å². The van der Waals surface area contributed by atoms with Crippen LogP contribution in [0.15, 0.2) is 54.6 Å². The van der Waals surface area contributed by atoms with E-state index in [2.05, 4.69) is 31.4 Å². The average molecular weight is 462 g/mol. The molecule has 2 N–H and O–H groups in total. The summed E-state index contributed by atoms with van der Waals surface area (Å²) < 4.78 is 1.74. The van der Waals surface area contributed by atoms with E-state index in [-0.39, 0.29) is 29.9 Å². The second kappa shape index (κ2) is 10.1. The van der Waals surface area contributed by atoms with Gasteiger partial charge in [-0.05, 0) is 57.5 Å². The lowest BCUT2D eigenvalue weighted by molar-refractivity contribution is -0.117. The molecule has 1 aromatic heterocycles. The highest BCUT2D eigenvalue weighted by molar-refractivity contribution is 5.97. The van der Waals surface area contributed by atoms with Crippen LogP contribution in [0.2, 0.25) is 0 Å². The van der Waals surface area contributed by atoms with Crippen LogP contribution in [-0.4, -0.2) is 39.2 Å². The maximum absolute atomic E-state index is 13.1. The van der Waals surface area contributed by atoms with E-state index in [1.54, 1.807) is 4.68 Å². The quantitative estimate of drug-likeness (QED) is 0.497. The maximum atomic E-state index is 13.1. The molecular formula is C27H35N5O2. The average Bonchev–Trinajstić information content (AvgIpc) is 3.16. The van der Waals surface area contributed by atoms with Gasteiger partial charge in [0, 0.05) is 23.2 Å². The summed E-state index contributed by atoms with van der Waals surface area (Å²) in [5.74, 6) is 0.281. The standard InChI is InChI=1S/C27H35N5O2/c1-18(2)31(26(34)28-21-10-8-9-20(4)15-21)17-25(33)29-24-16-23(27(5,6)7)30-32(24)22-13-11-19(3)12-14-22/h8-16,18H,17H2,1-7H3,(H,28,34)(H,29,33). The van der Waals surface area contributed by atoms with Gasteiger partial charge in [0.1, 0.15) is 12.4 Å². The molecule has 0 aliphatic rings. The van der Waals surface area contributed by atoms with Gasteiger partial charge >= 0.3 is 6.03 Å². The van der Waals surface area contributed by atoms with Gasteiger partial charge < -0.3 is 15.5 Å². The predicted molar refractivity (Wildman–Crippen MR) is 138 cm³/mol. The summed E-state index contributed by atoms with van der Waals surface area (Å²) in [4.78, 5) is 27.5. The number of aromatic nitrogens is 2. The summed E-state index contributed by atoms with van der Waals surface area (Å²) >= 11 is 0. The number of hydrogen-bond donors (Lipinski definition) is 2. The number of amides is 3.